The summed E-state index contributed by atoms with van der Waals surface area (Å²) in [6, 6.07) is 9.40. The number of fused-ring (bicyclic) bond motifs is 1. The lowest BCUT2D eigenvalue weighted by Gasteiger charge is -2.28. The van der Waals surface area contributed by atoms with E-state index >= 15 is 0 Å². The van der Waals surface area contributed by atoms with E-state index in [1.807, 2.05) is 30.3 Å². The van der Waals surface area contributed by atoms with E-state index in [1.165, 1.54) is 0 Å². The highest BCUT2D eigenvalue weighted by molar-refractivity contribution is 5.99. The van der Waals surface area contributed by atoms with E-state index in [4.69, 9.17) is 4.74 Å². The number of carbonyl (C=O) groups is 2. The molecule has 2 aromatic rings. The molecule has 3 heterocycles. The highest BCUT2D eigenvalue weighted by Gasteiger charge is 2.18. The first-order valence-electron chi connectivity index (χ1n) is 8.68. The quantitative estimate of drug-likeness (QED) is 0.873. The molecule has 0 spiro atoms. The Morgan fingerprint density at radius 3 is 2.85 bits per heavy atom. The summed E-state index contributed by atoms with van der Waals surface area (Å²) in [6.07, 6.45) is 2.41. The smallest absolute Gasteiger partial charge is 0.229 e. The van der Waals surface area contributed by atoms with Gasteiger partial charge in [-0.05, 0) is 29.3 Å². The van der Waals surface area contributed by atoms with Gasteiger partial charge in [0.2, 0.25) is 11.8 Å². The maximum Gasteiger partial charge on any atom is 0.229 e. The summed E-state index contributed by atoms with van der Waals surface area (Å²) in [6.45, 7) is 3.14. The van der Waals surface area contributed by atoms with E-state index in [2.05, 4.69) is 20.5 Å². The van der Waals surface area contributed by atoms with Crippen LogP contribution in [0, 0.1) is 0 Å². The first-order chi connectivity index (χ1) is 12.7. The Balaban J connectivity index is 1.36. The summed E-state index contributed by atoms with van der Waals surface area (Å²) in [5, 5.41) is 5.62. The van der Waals surface area contributed by atoms with Crippen LogP contribution in [0.5, 0.6) is 0 Å². The first-order valence-corrected chi connectivity index (χ1v) is 8.68. The first kappa shape index (κ1) is 16.5. The van der Waals surface area contributed by atoms with E-state index in [1.54, 1.807) is 6.20 Å². The van der Waals surface area contributed by atoms with Crippen molar-refractivity contribution in [1.82, 2.24) is 4.98 Å². The van der Waals surface area contributed by atoms with Gasteiger partial charge in [0.25, 0.3) is 0 Å². The number of anilines is 3. The van der Waals surface area contributed by atoms with Crippen molar-refractivity contribution in [3.8, 4) is 0 Å². The molecule has 1 aromatic carbocycles. The number of amides is 2. The van der Waals surface area contributed by atoms with Crippen LogP contribution in [0.1, 0.15) is 11.1 Å². The van der Waals surface area contributed by atoms with Crippen molar-refractivity contribution in [2.75, 3.05) is 41.8 Å². The second-order valence-electron chi connectivity index (χ2n) is 6.44. The molecule has 0 unspecified atom stereocenters. The van der Waals surface area contributed by atoms with Gasteiger partial charge >= 0.3 is 0 Å². The number of carbonyl (C=O) groups excluding carboxylic acids is 2. The third kappa shape index (κ3) is 3.67. The van der Waals surface area contributed by atoms with Gasteiger partial charge < -0.3 is 20.3 Å². The predicted octanol–water partition coefficient (Wildman–Crippen LogP) is 1.59. The SMILES string of the molecule is O=C(Cc1ccc2c(c1)NC(=O)C2)Nc1ccc(N2CCOCC2)cn1. The second kappa shape index (κ2) is 7.13. The van der Waals surface area contributed by atoms with E-state index in [-0.39, 0.29) is 18.2 Å². The Morgan fingerprint density at radius 1 is 1.23 bits per heavy atom. The molecule has 0 radical (unpaired) electrons. The molecule has 1 aromatic heterocycles. The monoisotopic (exact) mass is 352 g/mol. The highest BCUT2D eigenvalue weighted by Crippen LogP contribution is 2.24. The lowest BCUT2D eigenvalue weighted by atomic mass is 10.1. The predicted molar refractivity (Wildman–Crippen MR) is 98.4 cm³/mol. The molecule has 0 atom stereocenters. The van der Waals surface area contributed by atoms with E-state index < -0.39 is 0 Å². The van der Waals surface area contributed by atoms with Crippen LogP contribution in [0.25, 0.3) is 0 Å². The number of nitrogens with zero attached hydrogens (tertiary/aromatic N) is 2. The van der Waals surface area contributed by atoms with Gasteiger partial charge in [-0.25, -0.2) is 4.98 Å². The van der Waals surface area contributed by atoms with Crippen molar-refractivity contribution in [1.29, 1.82) is 0 Å². The van der Waals surface area contributed by atoms with Gasteiger partial charge in [0.05, 0.1) is 37.9 Å². The average Bonchev–Trinajstić information content (AvgIpc) is 3.02. The van der Waals surface area contributed by atoms with E-state index in [0.29, 0.717) is 12.2 Å². The summed E-state index contributed by atoms with van der Waals surface area (Å²) >= 11 is 0. The third-order valence-corrected chi connectivity index (χ3v) is 4.56. The van der Waals surface area contributed by atoms with Crippen molar-refractivity contribution < 1.29 is 14.3 Å². The summed E-state index contributed by atoms with van der Waals surface area (Å²) < 4.78 is 5.35. The topological polar surface area (TPSA) is 83.6 Å². The van der Waals surface area contributed by atoms with Crippen LogP contribution in [0.4, 0.5) is 17.2 Å². The number of hydrogen-bond donors (Lipinski definition) is 2. The van der Waals surface area contributed by atoms with Crippen molar-refractivity contribution in [2.24, 2.45) is 0 Å². The Kier molecular flexibility index (Phi) is 4.53. The molecule has 1 saturated heterocycles. The number of nitrogens with one attached hydrogen (secondary N) is 2. The molecule has 2 aliphatic heterocycles. The molecule has 26 heavy (non-hydrogen) atoms. The lowest BCUT2D eigenvalue weighted by Crippen LogP contribution is -2.36. The fourth-order valence-electron chi connectivity index (χ4n) is 3.21. The number of ether oxygens (including phenoxy) is 1. The summed E-state index contributed by atoms with van der Waals surface area (Å²) in [5.74, 6) is 0.383. The Labute approximate surface area is 151 Å². The molecule has 4 rings (SSSR count). The average molecular weight is 352 g/mol. The van der Waals surface area contributed by atoms with Gasteiger partial charge in [-0.15, -0.1) is 0 Å². The zero-order valence-corrected chi connectivity index (χ0v) is 14.3. The second-order valence-corrected chi connectivity index (χ2v) is 6.44. The van der Waals surface area contributed by atoms with Crippen LogP contribution in [-0.2, 0) is 27.2 Å². The van der Waals surface area contributed by atoms with E-state index in [0.717, 1.165) is 48.8 Å². The molecule has 2 amide bonds. The molecule has 0 saturated carbocycles. The number of pyridine rings is 1. The van der Waals surface area contributed by atoms with E-state index in [9.17, 15) is 9.59 Å². The fraction of sp³-hybridized carbons (Fsp3) is 0.316. The molecular formula is C19H20N4O3. The number of rotatable bonds is 4. The van der Waals surface area contributed by atoms with Gasteiger partial charge in [-0.3, -0.25) is 9.59 Å². The minimum absolute atomic E-state index is 0.00819. The van der Waals surface area contributed by atoms with Crippen molar-refractivity contribution in [3.63, 3.8) is 0 Å². The van der Waals surface area contributed by atoms with Gasteiger partial charge in [0, 0.05) is 18.8 Å². The summed E-state index contributed by atoms with van der Waals surface area (Å²) in [5.41, 5.74) is 3.65. The molecule has 134 valence electrons. The number of aromatic nitrogens is 1. The van der Waals surface area contributed by atoms with Crippen LogP contribution < -0.4 is 15.5 Å². The minimum atomic E-state index is -0.138. The maximum atomic E-state index is 12.3. The zero-order valence-electron chi connectivity index (χ0n) is 14.3. The number of morpholine rings is 1. The minimum Gasteiger partial charge on any atom is -0.378 e. The van der Waals surface area contributed by atoms with Crippen LogP contribution in [0.2, 0.25) is 0 Å². The lowest BCUT2D eigenvalue weighted by molar-refractivity contribution is -0.116. The maximum absolute atomic E-state index is 12.3. The van der Waals surface area contributed by atoms with Gasteiger partial charge in [0.1, 0.15) is 5.82 Å². The number of hydrogen-bond acceptors (Lipinski definition) is 5. The third-order valence-electron chi connectivity index (χ3n) is 4.56. The zero-order chi connectivity index (χ0) is 17.9. The van der Waals surface area contributed by atoms with Gasteiger partial charge in [-0.1, -0.05) is 12.1 Å². The van der Waals surface area contributed by atoms with Crippen molar-refractivity contribution in [3.05, 3.63) is 47.7 Å². The van der Waals surface area contributed by atoms with Crippen molar-refractivity contribution >= 4 is 29.0 Å². The largest absolute Gasteiger partial charge is 0.378 e. The van der Waals surface area contributed by atoms with Crippen LogP contribution in [0.15, 0.2) is 36.5 Å². The fourth-order valence-corrected chi connectivity index (χ4v) is 3.21. The Morgan fingerprint density at radius 2 is 2.08 bits per heavy atom. The molecule has 7 heteroatoms. The molecule has 2 N–H and O–H groups in total. The standard InChI is InChI=1S/C19H20N4O3/c24-18(10-13-1-2-14-11-19(25)21-16(14)9-13)22-17-4-3-15(12-20-17)23-5-7-26-8-6-23/h1-4,9,12H,5-8,10-11H2,(H,21,25)(H,20,22,24). The summed E-state index contributed by atoms with van der Waals surface area (Å²) in [7, 11) is 0. The van der Waals surface area contributed by atoms with Gasteiger partial charge in [0.15, 0.2) is 0 Å². The Bertz CT molecular complexity index is 829. The Hall–Kier alpha value is -2.93. The molecular weight excluding hydrogens is 332 g/mol. The molecule has 1 fully saturated rings. The normalized spacial score (nSPS) is 16.2. The van der Waals surface area contributed by atoms with Gasteiger partial charge in [-0.2, -0.15) is 0 Å². The summed E-state index contributed by atoms with van der Waals surface area (Å²) in [4.78, 5) is 30.2. The molecule has 0 aliphatic carbocycles. The molecule has 0 bridgehead atoms. The van der Waals surface area contributed by atoms with Crippen molar-refractivity contribution in [2.45, 2.75) is 12.8 Å². The van der Waals surface area contributed by atoms with Crippen LogP contribution in [-0.4, -0.2) is 43.1 Å². The molecule has 2 aliphatic rings. The van der Waals surface area contributed by atoms with Crippen LogP contribution in [0.3, 0.4) is 0 Å². The number of benzene rings is 1. The highest BCUT2D eigenvalue weighted by atomic mass is 16.5. The molecule has 7 nitrogen and oxygen atoms in total. The van der Waals surface area contributed by atoms with Crippen LogP contribution >= 0.6 is 0 Å².